The average molecular weight is 646 g/mol. The summed E-state index contributed by atoms with van der Waals surface area (Å²) in [7, 11) is 2.68. The maximum absolute atomic E-state index is 12.1. The van der Waals surface area contributed by atoms with Gasteiger partial charge >= 0.3 is 0 Å². The van der Waals surface area contributed by atoms with Crippen molar-refractivity contribution in [3.05, 3.63) is 48.0 Å². The van der Waals surface area contributed by atoms with Gasteiger partial charge < -0.3 is 24.0 Å². The van der Waals surface area contributed by atoms with Crippen molar-refractivity contribution in [1.82, 2.24) is 0 Å². The zero-order valence-corrected chi connectivity index (χ0v) is 29.2. The first-order valence-electron chi connectivity index (χ1n) is 17.1. The molecule has 1 fully saturated rings. The number of primary sulfonamides is 1. The van der Waals surface area contributed by atoms with Gasteiger partial charge in [-0.25, -0.2) is 13.6 Å². The summed E-state index contributed by atoms with van der Waals surface area (Å²) in [6.07, 6.45) is 22.2. The number of hydrogen-bond donors (Lipinski definition) is 1. The number of benzene rings is 2. The van der Waals surface area contributed by atoms with Crippen LogP contribution in [-0.2, 0) is 10.0 Å². The largest absolute Gasteiger partial charge is 0.545 e. The summed E-state index contributed by atoms with van der Waals surface area (Å²) in [4.78, 5) is 12.8. The molecule has 2 aromatic carbocycles. The molecule has 3 rings (SSSR count). The van der Waals surface area contributed by atoms with Gasteiger partial charge in [0.15, 0.2) is 5.75 Å². The van der Waals surface area contributed by atoms with E-state index in [-0.39, 0.29) is 16.2 Å². The predicted molar refractivity (Wildman–Crippen MR) is 183 cm³/mol. The number of rotatable bonds is 20. The van der Waals surface area contributed by atoms with Crippen LogP contribution < -0.4 is 19.9 Å². The molecule has 254 valence electrons. The lowest BCUT2D eigenvalue weighted by Gasteiger charge is -2.24. The highest BCUT2D eigenvalue weighted by atomic mass is 32.2. The number of sulfonamides is 1. The molecule has 1 aliphatic rings. The third kappa shape index (κ3) is 16.0. The first-order chi connectivity index (χ1) is 21.4. The maximum Gasteiger partial charge on any atom is 0.241 e. The summed E-state index contributed by atoms with van der Waals surface area (Å²) in [5.41, 5.74) is 0.124. The summed E-state index contributed by atoms with van der Waals surface area (Å²) in [6, 6.07) is 11.0. The minimum absolute atomic E-state index is 0.0283. The fourth-order valence-corrected chi connectivity index (χ4v) is 6.30. The summed E-state index contributed by atoms with van der Waals surface area (Å²) >= 11 is 0. The summed E-state index contributed by atoms with van der Waals surface area (Å²) in [5, 5.41) is 16.6. The Morgan fingerprint density at radius 3 is 1.76 bits per heavy atom. The van der Waals surface area contributed by atoms with Crippen molar-refractivity contribution in [3.63, 3.8) is 0 Å². The molecule has 1 saturated heterocycles. The van der Waals surface area contributed by atoms with Gasteiger partial charge in [0.2, 0.25) is 10.0 Å². The number of unbranched alkanes of at least 4 members (excludes halogenated alkanes) is 13. The van der Waals surface area contributed by atoms with Gasteiger partial charge in [-0.2, -0.15) is 0 Å². The van der Waals surface area contributed by atoms with Crippen molar-refractivity contribution in [2.45, 2.75) is 115 Å². The van der Waals surface area contributed by atoms with Crippen molar-refractivity contribution < 1.29 is 27.5 Å². The number of para-hydroxylation sites is 1. The van der Waals surface area contributed by atoms with Gasteiger partial charge in [0, 0.05) is 18.7 Å². The molecule has 0 saturated carbocycles. The van der Waals surface area contributed by atoms with E-state index in [9.17, 15) is 18.3 Å². The smallest absolute Gasteiger partial charge is 0.241 e. The molecule has 0 aliphatic carbocycles. The number of nitrogens with zero attached hydrogens (tertiary/aromatic N) is 2. The van der Waals surface area contributed by atoms with Crippen LogP contribution in [0.25, 0.3) is 0 Å². The Morgan fingerprint density at radius 1 is 0.822 bits per heavy atom. The van der Waals surface area contributed by atoms with Gasteiger partial charge in [-0.05, 0) is 49.9 Å². The van der Waals surface area contributed by atoms with Gasteiger partial charge in [-0.1, -0.05) is 102 Å². The quantitative estimate of drug-likeness (QED) is 0.120. The molecule has 2 N–H and O–H groups in total. The maximum atomic E-state index is 12.1. The molecule has 0 radical (unpaired) electrons. The van der Waals surface area contributed by atoms with E-state index in [1.807, 2.05) is 4.90 Å². The Kier molecular flexibility index (Phi) is 17.6. The molecule has 0 amide bonds. The highest BCUT2D eigenvalue weighted by Gasteiger charge is 2.26. The Bertz CT molecular complexity index is 1220. The first-order valence-corrected chi connectivity index (χ1v) is 18.7. The second kappa shape index (κ2) is 20.5. The van der Waals surface area contributed by atoms with Crippen molar-refractivity contribution >= 4 is 21.7 Å². The van der Waals surface area contributed by atoms with Crippen LogP contribution in [0.1, 0.15) is 120 Å². The fourth-order valence-electron chi connectivity index (χ4n) is 5.60. The fraction of sp³-hybridized carbons (Fsp3) is 0.639. The lowest BCUT2D eigenvalue weighted by Crippen LogP contribution is -2.35. The van der Waals surface area contributed by atoms with Crippen molar-refractivity contribution in [2.24, 2.45) is 5.14 Å². The van der Waals surface area contributed by atoms with E-state index < -0.39 is 16.0 Å². The molecule has 0 unspecified atom stereocenters. The van der Waals surface area contributed by atoms with Crippen LogP contribution in [0, 0.1) is 0 Å². The molecular formula is C36H59N3O5S. The highest BCUT2D eigenvalue weighted by molar-refractivity contribution is 7.89. The van der Waals surface area contributed by atoms with Crippen molar-refractivity contribution in [3.8, 4) is 11.5 Å². The Labute approximate surface area is 273 Å². The first kappa shape index (κ1) is 38.6. The van der Waals surface area contributed by atoms with Crippen LogP contribution in [0.2, 0.25) is 0 Å². The van der Waals surface area contributed by atoms with Crippen LogP contribution in [0.5, 0.6) is 11.5 Å². The molecule has 8 nitrogen and oxygen atoms in total. The molecule has 0 spiro atoms. The lowest BCUT2D eigenvalue weighted by molar-refractivity contribution is -0.870. The molecule has 1 aliphatic heterocycles. The average Bonchev–Trinajstić information content (AvgIpc) is 3.52. The SMILES string of the molecule is CCCCCCCCCCCCCCCC[N+](C)(C)C.NS(=O)(=O)c1cc(C(=O)[O-])cc(N2CCCC2)c1Oc1ccccc1. The van der Waals surface area contributed by atoms with Gasteiger partial charge in [-0.15, -0.1) is 0 Å². The number of carboxylic acid groups (broad SMARTS) is 1. The number of carbonyl (C=O) groups is 1. The second-order valence-electron chi connectivity index (χ2n) is 13.4. The number of nitrogens with two attached hydrogens (primary N) is 1. The van der Waals surface area contributed by atoms with E-state index in [1.165, 1.54) is 103 Å². The van der Waals surface area contributed by atoms with Gasteiger partial charge in [0.05, 0.1) is 39.3 Å². The molecule has 0 atom stereocenters. The topological polar surface area (TPSA) is 113 Å². The van der Waals surface area contributed by atoms with E-state index in [2.05, 4.69) is 28.1 Å². The Hall–Kier alpha value is -2.62. The van der Waals surface area contributed by atoms with E-state index >= 15 is 0 Å². The molecular weight excluding hydrogens is 586 g/mol. The monoisotopic (exact) mass is 645 g/mol. The molecule has 45 heavy (non-hydrogen) atoms. The van der Waals surface area contributed by atoms with Gasteiger partial charge in [0.1, 0.15) is 10.6 Å². The summed E-state index contributed by atoms with van der Waals surface area (Å²) in [6.45, 7) is 4.97. The third-order valence-electron chi connectivity index (χ3n) is 8.17. The number of carboxylic acids is 1. The lowest BCUT2D eigenvalue weighted by atomic mass is 10.0. The number of carbonyl (C=O) groups excluding carboxylic acids is 1. The molecule has 0 aromatic heterocycles. The van der Waals surface area contributed by atoms with E-state index in [0.29, 0.717) is 24.5 Å². The molecule has 0 bridgehead atoms. The third-order valence-corrected chi connectivity index (χ3v) is 9.09. The minimum Gasteiger partial charge on any atom is -0.545 e. The number of ether oxygens (including phenoxy) is 1. The molecule has 1 heterocycles. The normalized spacial score (nSPS) is 13.4. The Morgan fingerprint density at radius 2 is 1.31 bits per heavy atom. The molecule has 2 aromatic rings. The van der Waals surface area contributed by atoms with Gasteiger partial charge in [-0.3, -0.25) is 0 Å². The zero-order chi connectivity index (χ0) is 33.1. The van der Waals surface area contributed by atoms with E-state index in [1.54, 1.807) is 30.3 Å². The van der Waals surface area contributed by atoms with Gasteiger partial charge in [0.25, 0.3) is 0 Å². The number of quaternary nitrogens is 1. The van der Waals surface area contributed by atoms with Crippen LogP contribution in [0.3, 0.4) is 0 Å². The predicted octanol–water partition coefficient (Wildman–Crippen LogP) is 7.26. The minimum atomic E-state index is -4.20. The van der Waals surface area contributed by atoms with Crippen molar-refractivity contribution in [1.29, 1.82) is 0 Å². The summed E-state index contributed by atoms with van der Waals surface area (Å²) < 4.78 is 31.0. The van der Waals surface area contributed by atoms with Crippen LogP contribution in [0.4, 0.5) is 5.69 Å². The Balaban J connectivity index is 0.000000324. The van der Waals surface area contributed by atoms with Crippen molar-refractivity contribution in [2.75, 3.05) is 45.7 Å². The molecule has 9 heteroatoms. The van der Waals surface area contributed by atoms with Crippen LogP contribution >= 0.6 is 0 Å². The number of hydrogen-bond acceptors (Lipinski definition) is 6. The van der Waals surface area contributed by atoms with Crippen LogP contribution in [0.15, 0.2) is 47.4 Å². The standard InChI is InChI=1S/C19H42N.C17H18N2O5S/c1-5-6-7-8-9-10-11-12-13-14-15-16-17-18-19-20(2,3)4;18-25(22,23)15-11-12(17(20)21)10-14(19-8-4-5-9-19)16(15)24-13-6-2-1-3-7-13/h5-19H2,1-4H3;1-3,6-7,10-11H,4-5,8-9H2,(H,20,21)(H2,18,22,23)/q+1;/p-1. The summed E-state index contributed by atoms with van der Waals surface area (Å²) in [5.74, 6) is -1.02. The highest BCUT2D eigenvalue weighted by Crippen LogP contribution is 2.40. The second-order valence-corrected chi connectivity index (χ2v) is 14.9. The van der Waals surface area contributed by atoms with E-state index in [4.69, 9.17) is 9.88 Å². The van der Waals surface area contributed by atoms with Crippen LogP contribution in [-0.4, -0.2) is 59.6 Å². The number of aromatic carboxylic acids is 1. The van der Waals surface area contributed by atoms with E-state index in [0.717, 1.165) is 23.4 Å². The zero-order valence-electron chi connectivity index (χ0n) is 28.4. The number of anilines is 1.